The van der Waals surface area contributed by atoms with Crippen molar-refractivity contribution in [1.82, 2.24) is 14.8 Å². The van der Waals surface area contributed by atoms with Gasteiger partial charge in [-0.3, -0.25) is 9.67 Å². The monoisotopic (exact) mass is 245 g/mol. The quantitative estimate of drug-likeness (QED) is 0.897. The fraction of sp³-hybridized carbons (Fsp3) is 0.429. The Labute approximate surface area is 107 Å². The van der Waals surface area contributed by atoms with Crippen LogP contribution in [0.1, 0.15) is 35.2 Å². The lowest BCUT2D eigenvalue weighted by Crippen LogP contribution is -2.04. The molecule has 1 atom stereocenters. The summed E-state index contributed by atoms with van der Waals surface area (Å²) in [5.41, 5.74) is 3.98. The maximum atomic E-state index is 10.2. The fourth-order valence-corrected chi connectivity index (χ4v) is 2.16. The molecule has 0 bridgehead atoms. The number of hydrogen-bond donors (Lipinski definition) is 1. The van der Waals surface area contributed by atoms with Crippen LogP contribution in [0, 0.1) is 13.8 Å². The molecule has 2 heterocycles. The number of hydrogen-bond acceptors (Lipinski definition) is 3. The van der Waals surface area contributed by atoms with E-state index in [0.29, 0.717) is 6.42 Å². The molecule has 0 aliphatic heterocycles. The first-order chi connectivity index (χ1) is 8.56. The number of rotatable bonds is 4. The molecule has 0 fully saturated rings. The van der Waals surface area contributed by atoms with Crippen molar-refractivity contribution in [3.05, 3.63) is 47.0 Å². The zero-order valence-corrected chi connectivity index (χ0v) is 11.1. The van der Waals surface area contributed by atoms with Gasteiger partial charge in [-0.1, -0.05) is 0 Å². The minimum Gasteiger partial charge on any atom is -0.388 e. The maximum absolute atomic E-state index is 10.2. The van der Waals surface area contributed by atoms with Crippen LogP contribution < -0.4 is 0 Å². The summed E-state index contributed by atoms with van der Waals surface area (Å²) in [6.45, 7) is 3.90. The van der Waals surface area contributed by atoms with Crippen LogP contribution in [-0.4, -0.2) is 19.9 Å². The smallest absolute Gasteiger partial charge is 0.0795 e. The number of aliphatic hydroxyl groups is 1. The topological polar surface area (TPSA) is 50.9 Å². The van der Waals surface area contributed by atoms with Gasteiger partial charge in [-0.05, 0) is 50.5 Å². The Hall–Kier alpha value is -1.68. The van der Waals surface area contributed by atoms with E-state index in [1.807, 2.05) is 43.8 Å². The maximum Gasteiger partial charge on any atom is 0.0795 e. The second-order valence-electron chi connectivity index (χ2n) is 4.68. The minimum absolute atomic E-state index is 0.444. The van der Waals surface area contributed by atoms with E-state index in [-0.39, 0.29) is 0 Å². The Morgan fingerprint density at radius 3 is 2.50 bits per heavy atom. The van der Waals surface area contributed by atoms with Crippen LogP contribution in [0.15, 0.2) is 24.4 Å². The minimum atomic E-state index is -0.444. The zero-order chi connectivity index (χ0) is 13.1. The number of nitrogens with zero attached hydrogens (tertiary/aromatic N) is 3. The highest BCUT2D eigenvalue weighted by atomic mass is 16.3. The molecule has 0 saturated heterocycles. The lowest BCUT2D eigenvalue weighted by Gasteiger charge is -2.12. The SMILES string of the molecule is Cc1cc(C(O)CCc2ccnn2C)cc(C)n1. The lowest BCUT2D eigenvalue weighted by atomic mass is 10.0. The Morgan fingerprint density at radius 1 is 1.28 bits per heavy atom. The van der Waals surface area contributed by atoms with E-state index < -0.39 is 6.10 Å². The average Bonchev–Trinajstić information content (AvgIpc) is 2.70. The van der Waals surface area contributed by atoms with E-state index in [9.17, 15) is 5.11 Å². The van der Waals surface area contributed by atoms with Crippen LogP contribution in [0.3, 0.4) is 0 Å². The molecule has 1 N–H and O–H groups in total. The summed E-state index contributed by atoms with van der Waals surface area (Å²) in [4.78, 5) is 4.32. The van der Waals surface area contributed by atoms with Crippen LogP contribution in [0.25, 0.3) is 0 Å². The zero-order valence-electron chi connectivity index (χ0n) is 11.1. The van der Waals surface area contributed by atoms with E-state index in [2.05, 4.69) is 10.1 Å². The van der Waals surface area contributed by atoms with E-state index in [1.54, 1.807) is 6.20 Å². The summed E-state index contributed by atoms with van der Waals surface area (Å²) in [6.07, 6.45) is 2.85. The normalized spacial score (nSPS) is 12.7. The summed E-state index contributed by atoms with van der Waals surface area (Å²) >= 11 is 0. The molecule has 0 aromatic carbocycles. The van der Waals surface area contributed by atoms with Gasteiger partial charge in [0.15, 0.2) is 0 Å². The third kappa shape index (κ3) is 2.96. The molecular weight excluding hydrogens is 226 g/mol. The number of pyridine rings is 1. The highest BCUT2D eigenvalue weighted by Crippen LogP contribution is 2.20. The Morgan fingerprint density at radius 2 is 1.94 bits per heavy atom. The van der Waals surface area contributed by atoms with E-state index in [4.69, 9.17) is 0 Å². The van der Waals surface area contributed by atoms with Gasteiger partial charge in [0.25, 0.3) is 0 Å². The van der Waals surface area contributed by atoms with Crippen molar-refractivity contribution in [2.75, 3.05) is 0 Å². The molecular formula is C14H19N3O. The Bertz CT molecular complexity index is 513. The molecule has 2 aromatic heterocycles. The number of aromatic nitrogens is 3. The van der Waals surface area contributed by atoms with Gasteiger partial charge in [0.2, 0.25) is 0 Å². The van der Waals surface area contributed by atoms with Crippen LogP contribution in [0.4, 0.5) is 0 Å². The third-order valence-electron chi connectivity index (χ3n) is 3.08. The number of aliphatic hydroxyl groups excluding tert-OH is 1. The van der Waals surface area contributed by atoms with Crippen molar-refractivity contribution in [3.63, 3.8) is 0 Å². The van der Waals surface area contributed by atoms with Crippen molar-refractivity contribution in [1.29, 1.82) is 0 Å². The van der Waals surface area contributed by atoms with E-state index in [1.165, 1.54) is 0 Å². The van der Waals surface area contributed by atoms with Gasteiger partial charge in [0.1, 0.15) is 0 Å². The predicted octanol–water partition coefficient (Wildman–Crippen LogP) is 2.10. The van der Waals surface area contributed by atoms with Gasteiger partial charge >= 0.3 is 0 Å². The van der Waals surface area contributed by atoms with Crippen molar-refractivity contribution in [2.24, 2.45) is 7.05 Å². The molecule has 0 aliphatic carbocycles. The molecule has 1 unspecified atom stereocenters. The van der Waals surface area contributed by atoms with Crippen LogP contribution in [0.2, 0.25) is 0 Å². The molecule has 0 spiro atoms. The molecule has 2 rings (SSSR count). The molecule has 2 aromatic rings. The highest BCUT2D eigenvalue weighted by Gasteiger charge is 2.10. The van der Waals surface area contributed by atoms with Crippen molar-refractivity contribution >= 4 is 0 Å². The van der Waals surface area contributed by atoms with E-state index in [0.717, 1.165) is 29.1 Å². The van der Waals surface area contributed by atoms with E-state index >= 15 is 0 Å². The second kappa shape index (κ2) is 5.31. The summed E-state index contributed by atoms with van der Waals surface area (Å²) in [5.74, 6) is 0. The molecule has 4 heteroatoms. The van der Waals surface area contributed by atoms with Crippen LogP contribution >= 0.6 is 0 Å². The largest absolute Gasteiger partial charge is 0.388 e. The molecule has 96 valence electrons. The molecule has 0 radical (unpaired) electrons. The van der Waals surface area contributed by atoms with Gasteiger partial charge in [-0.15, -0.1) is 0 Å². The van der Waals surface area contributed by atoms with Crippen molar-refractivity contribution < 1.29 is 5.11 Å². The van der Waals surface area contributed by atoms with Gasteiger partial charge in [0, 0.05) is 30.3 Å². The first-order valence-electron chi connectivity index (χ1n) is 6.16. The predicted molar refractivity (Wildman–Crippen MR) is 70.2 cm³/mol. The Kier molecular flexibility index (Phi) is 3.77. The summed E-state index contributed by atoms with van der Waals surface area (Å²) in [5, 5.41) is 14.3. The average molecular weight is 245 g/mol. The van der Waals surface area contributed by atoms with Crippen molar-refractivity contribution in [2.45, 2.75) is 32.8 Å². The van der Waals surface area contributed by atoms with Gasteiger partial charge in [-0.25, -0.2) is 0 Å². The third-order valence-corrected chi connectivity index (χ3v) is 3.08. The van der Waals surface area contributed by atoms with Crippen molar-refractivity contribution in [3.8, 4) is 0 Å². The second-order valence-corrected chi connectivity index (χ2v) is 4.68. The van der Waals surface area contributed by atoms with Gasteiger partial charge in [0.05, 0.1) is 6.10 Å². The fourth-order valence-electron chi connectivity index (χ4n) is 2.16. The van der Waals surface area contributed by atoms with Gasteiger partial charge in [-0.2, -0.15) is 5.10 Å². The summed E-state index contributed by atoms with van der Waals surface area (Å²) in [6, 6.07) is 5.87. The molecule has 0 saturated carbocycles. The van der Waals surface area contributed by atoms with Gasteiger partial charge < -0.3 is 5.11 Å². The summed E-state index contributed by atoms with van der Waals surface area (Å²) < 4.78 is 1.84. The summed E-state index contributed by atoms with van der Waals surface area (Å²) in [7, 11) is 1.92. The molecule has 0 amide bonds. The molecule has 18 heavy (non-hydrogen) atoms. The number of aryl methyl sites for hydroxylation is 4. The lowest BCUT2D eigenvalue weighted by molar-refractivity contribution is 0.167. The molecule has 0 aliphatic rings. The highest BCUT2D eigenvalue weighted by molar-refractivity contribution is 5.22. The first-order valence-corrected chi connectivity index (χ1v) is 6.16. The van der Waals surface area contributed by atoms with Crippen LogP contribution in [0.5, 0.6) is 0 Å². The van der Waals surface area contributed by atoms with Crippen LogP contribution in [-0.2, 0) is 13.5 Å². The Balaban J connectivity index is 2.03. The molecule has 4 nitrogen and oxygen atoms in total. The standard InChI is InChI=1S/C14H19N3O/c1-10-8-12(9-11(2)16-10)14(18)5-4-13-6-7-15-17(13)3/h6-9,14,18H,4-5H2,1-3H3. The first kappa shape index (κ1) is 12.8.